The van der Waals surface area contributed by atoms with Crippen LogP contribution in [0.25, 0.3) is 0 Å². The fourth-order valence-corrected chi connectivity index (χ4v) is 1.87. The van der Waals surface area contributed by atoms with Crippen LogP contribution in [-0.4, -0.2) is 23.4 Å². The number of aliphatic hydroxyl groups excluding tert-OH is 1. The van der Waals surface area contributed by atoms with Crippen LogP contribution in [0.5, 0.6) is 0 Å². The van der Waals surface area contributed by atoms with E-state index in [1.165, 1.54) is 19.3 Å². The summed E-state index contributed by atoms with van der Waals surface area (Å²) in [5.74, 6) is 0.896. The maximum Gasteiger partial charge on any atom is 0.0909 e. The first-order valence-electron chi connectivity index (χ1n) is 5.94. The van der Waals surface area contributed by atoms with E-state index in [-0.39, 0.29) is 11.7 Å². The Labute approximate surface area is 87.7 Å². The molecule has 2 nitrogen and oxygen atoms in total. The Morgan fingerprint density at radius 2 is 2.07 bits per heavy atom. The van der Waals surface area contributed by atoms with Gasteiger partial charge in [-0.2, -0.15) is 0 Å². The van der Waals surface area contributed by atoms with Gasteiger partial charge in [0.25, 0.3) is 0 Å². The van der Waals surface area contributed by atoms with Crippen molar-refractivity contribution >= 4 is 0 Å². The summed E-state index contributed by atoms with van der Waals surface area (Å²) in [7, 11) is 0. The van der Waals surface area contributed by atoms with Crippen molar-refractivity contribution < 1.29 is 9.84 Å². The molecule has 1 N–H and O–H groups in total. The van der Waals surface area contributed by atoms with E-state index in [2.05, 4.69) is 6.92 Å². The number of hydrogen-bond acceptors (Lipinski definition) is 2. The van der Waals surface area contributed by atoms with Crippen LogP contribution in [0.15, 0.2) is 0 Å². The molecule has 0 amide bonds. The van der Waals surface area contributed by atoms with Gasteiger partial charge in [0.2, 0.25) is 0 Å². The van der Waals surface area contributed by atoms with Crippen molar-refractivity contribution in [1.29, 1.82) is 0 Å². The SMILES string of the molecule is CCOC(C)(CC)C(O)CCC1CC1. The summed E-state index contributed by atoms with van der Waals surface area (Å²) in [6.07, 6.45) is 5.38. The normalized spacial score (nSPS) is 23.1. The summed E-state index contributed by atoms with van der Waals surface area (Å²) in [4.78, 5) is 0. The minimum atomic E-state index is -0.330. The molecule has 0 radical (unpaired) electrons. The van der Waals surface area contributed by atoms with Gasteiger partial charge in [-0.25, -0.2) is 0 Å². The molecule has 1 fully saturated rings. The molecule has 84 valence electrons. The lowest BCUT2D eigenvalue weighted by Gasteiger charge is -2.33. The highest BCUT2D eigenvalue weighted by Crippen LogP contribution is 2.35. The second-order valence-corrected chi connectivity index (χ2v) is 4.64. The van der Waals surface area contributed by atoms with Crippen LogP contribution >= 0.6 is 0 Å². The molecule has 0 aromatic heterocycles. The van der Waals surface area contributed by atoms with Crippen molar-refractivity contribution in [3.63, 3.8) is 0 Å². The van der Waals surface area contributed by atoms with Crippen LogP contribution in [0.4, 0.5) is 0 Å². The Kier molecular flexibility index (Phi) is 4.39. The number of hydrogen-bond donors (Lipinski definition) is 1. The van der Waals surface area contributed by atoms with Crippen molar-refractivity contribution in [3.8, 4) is 0 Å². The Morgan fingerprint density at radius 1 is 1.43 bits per heavy atom. The van der Waals surface area contributed by atoms with Crippen LogP contribution < -0.4 is 0 Å². The van der Waals surface area contributed by atoms with E-state index in [0.29, 0.717) is 6.61 Å². The second-order valence-electron chi connectivity index (χ2n) is 4.64. The van der Waals surface area contributed by atoms with Gasteiger partial charge in [0.1, 0.15) is 0 Å². The monoisotopic (exact) mass is 200 g/mol. The predicted molar refractivity (Wildman–Crippen MR) is 58.3 cm³/mol. The molecule has 0 aromatic carbocycles. The van der Waals surface area contributed by atoms with Gasteiger partial charge < -0.3 is 9.84 Å². The van der Waals surface area contributed by atoms with Crippen molar-refractivity contribution in [3.05, 3.63) is 0 Å². The molecule has 1 rings (SSSR count). The molecule has 2 unspecified atom stereocenters. The Morgan fingerprint density at radius 3 is 2.50 bits per heavy atom. The van der Waals surface area contributed by atoms with E-state index < -0.39 is 0 Å². The summed E-state index contributed by atoms with van der Waals surface area (Å²) in [5, 5.41) is 10.1. The van der Waals surface area contributed by atoms with Crippen molar-refractivity contribution in [2.75, 3.05) is 6.61 Å². The summed E-state index contributed by atoms with van der Waals surface area (Å²) in [6, 6.07) is 0. The maximum atomic E-state index is 10.1. The van der Waals surface area contributed by atoms with E-state index in [4.69, 9.17) is 4.74 Å². The van der Waals surface area contributed by atoms with Crippen molar-refractivity contribution in [1.82, 2.24) is 0 Å². The Balaban J connectivity index is 2.31. The third kappa shape index (κ3) is 3.25. The molecule has 1 aliphatic carbocycles. The zero-order chi connectivity index (χ0) is 10.6. The molecule has 0 saturated heterocycles. The highest BCUT2D eigenvalue weighted by Gasteiger charge is 2.33. The molecule has 2 atom stereocenters. The standard InChI is InChI=1S/C12H24O2/c1-4-12(3,14-5-2)11(13)9-8-10-6-7-10/h10-11,13H,4-9H2,1-3H3. The first-order chi connectivity index (χ1) is 6.62. The van der Waals surface area contributed by atoms with E-state index in [0.717, 1.165) is 18.8 Å². The smallest absolute Gasteiger partial charge is 0.0909 e. The lowest BCUT2D eigenvalue weighted by atomic mass is 9.91. The van der Waals surface area contributed by atoms with Gasteiger partial charge in [0, 0.05) is 6.61 Å². The molecule has 0 heterocycles. The third-order valence-electron chi connectivity index (χ3n) is 3.43. The van der Waals surface area contributed by atoms with E-state index >= 15 is 0 Å². The van der Waals surface area contributed by atoms with Gasteiger partial charge in [-0.05, 0) is 39.0 Å². The minimum absolute atomic E-state index is 0.298. The highest BCUT2D eigenvalue weighted by atomic mass is 16.5. The zero-order valence-corrected chi connectivity index (χ0v) is 9.75. The Hall–Kier alpha value is -0.0800. The topological polar surface area (TPSA) is 29.5 Å². The summed E-state index contributed by atoms with van der Waals surface area (Å²) in [5.41, 5.74) is -0.330. The van der Waals surface area contributed by atoms with Gasteiger partial charge in [0.05, 0.1) is 11.7 Å². The van der Waals surface area contributed by atoms with Gasteiger partial charge in [-0.1, -0.05) is 19.8 Å². The summed E-state index contributed by atoms with van der Waals surface area (Å²) >= 11 is 0. The molecule has 2 heteroatoms. The van der Waals surface area contributed by atoms with Crippen molar-refractivity contribution in [2.45, 2.75) is 64.6 Å². The lowest BCUT2D eigenvalue weighted by Crippen LogP contribution is -2.41. The van der Waals surface area contributed by atoms with Gasteiger partial charge in [0.15, 0.2) is 0 Å². The summed E-state index contributed by atoms with van der Waals surface area (Å²) in [6.45, 7) is 6.77. The molecule has 0 bridgehead atoms. The van der Waals surface area contributed by atoms with Gasteiger partial charge in [-0.3, -0.25) is 0 Å². The zero-order valence-electron chi connectivity index (χ0n) is 9.75. The first kappa shape index (κ1) is 12.0. The van der Waals surface area contributed by atoms with Crippen LogP contribution in [0.1, 0.15) is 52.9 Å². The summed E-state index contributed by atoms with van der Waals surface area (Å²) < 4.78 is 5.64. The van der Waals surface area contributed by atoms with Crippen LogP contribution in [0, 0.1) is 5.92 Å². The van der Waals surface area contributed by atoms with Crippen molar-refractivity contribution in [2.24, 2.45) is 5.92 Å². The van der Waals surface area contributed by atoms with Crippen LogP contribution in [-0.2, 0) is 4.74 Å². The molecular formula is C12H24O2. The highest BCUT2D eigenvalue weighted by molar-refractivity contribution is 4.84. The van der Waals surface area contributed by atoms with E-state index in [1.54, 1.807) is 0 Å². The number of ether oxygens (including phenoxy) is 1. The molecule has 1 saturated carbocycles. The fraction of sp³-hybridized carbons (Fsp3) is 1.00. The number of rotatable bonds is 7. The average molecular weight is 200 g/mol. The molecular weight excluding hydrogens is 176 g/mol. The second kappa shape index (κ2) is 5.13. The predicted octanol–water partition coefficient (Wildman–Crippen LogP) is 2.74. The van der Waals surface area contributed by atoms with Crippen LogP contribution in [0.3, 0.4) is 0 Å². The minimum Gasteiger partial charge on any atom is -0.390 e. The maximum absolute atomic E-state index is 10.1. The fourth-order valence-electron chi connectivity index (χ4n) is 1.87. The third-order valence-corrected chi connectivity index (χ3v) is 3.43. The molecule has 0 aliphatic heterocycles. The molecule has 14 heavy (non-hydrogen) atoms. The molecule has 1 aliphatic rings. The Bertz CT molecular complexity index is 166. The quantitative estimate of drug-likeness (QED) is 0.684. The lowest BCUT2D eigenvalue weighted by molar-refractivity contribution is -0.113. The molecule has 0 aromatic rings. The van der Waals surface area contributed by atoms with E-state index in [9.17, 15) is 5.11 Å². The van der Waals surface area contributed by atoms with Gasteiger partial charge in [-0.15, -0.1) is 0 Å². The first-order valence-corrected chi connectivity index (χ1v) is 5.94. The number of aliphatic hydroxyl groups is 1. The largest absolute Gasteiger partial charge is 0.390 e. The van der Waals surface area contributed by atoms with E-state index in [1.807, 2.05) is 13.8 Å². The van der Waals surface area contributed by atoms with Crippen LogP contribution in [0.2, 0.25) is 0 Å². The molecule has 0 spiro atoms. The van der Waals surface area contributed by atoms with Gasteiger partial charge >= 0.3 is 0 Å². The average Bonchev–Trinajstić information content (AvgIpc) is 2.98.